The van der Waals surface area contributed by atoms with Crippen LogP contribution in [0.5, 0.6) is 0 Å². The van der Waals surface area contributed by atoms with E-state index in [0.717, 1.165) is 16.0 Å². The number of hydrogen-bond donors (Lipinski definition) is 0. The fourth-order valence-electron chi connectivity index (χ4n) is 0.844. The van der Waals surface area contributed by atoms with Crippen LogP contribution in [0.1, 0.15) is 31.2 Å². The minimum absolute atomic E-state index is 0.428. The van der Waals surface area contributed by atoms with E-state index in [9.17, 15) is 0 Å². The Kier molecular flexibility index (Phi) is 2.60. The van der Waals surface area contributed by atoms with Gasteiger partial charge in [-0.1, -0.05) is 13.8 Å². The average molecular weight is 215 g/mol. The molecule has 0 atom stereocenters. The summed E-state index contributed by atoms with van der Waals surface area (Å²) in [5, 5.41) is 0. The molecule has 0 spiro atoms. The van der Waals surface area contributed by atoms with E-state index >= 15 is 0 Å². The molecule has 1 rings (SSSR count). The van der Waals surface area contributed by atoms with Gasteiger partial charge in [0.25, 0.3) is 0 Å². The van der Waals surface area contributed by atoms with Crippen molar-refractivity contribution in [2.24, 2.45) is 0 Å². The van der Waals surface area contributed by atoms with Crippen LogP contribution >= 0.6 is 15.9 Å². The topological polar surface area (TPSA) is 25.8 Å². The van der Waals surface area contributed by atoms with Gasteiger partial charge in [-0.3, -0.25) is 4.98 Å². The van der Waals surface area contributed by atoms with Gasteiger partial charge in [0, 0.05) is 6.20 Å². The third kappa shape index (κ3) is 1.99. The highest BCUT2D eigenvalue weighted by molar-refractivity contribution is 9.10. The van der Waals surface area contributed by atoms with Gasteiger partial charge in [-0.2, -0.15) is 0 Å². The summed E-state index contributed by atoms with van der Waals surface area (Å²) < 4.78 is 0.868. The van der Waals surface area contributed by atoms with Crippen molar-refractivity contribution in [2.75, 3.05) is 0 Å². The molecule has 2 nitrogen and oxygen atoms in total. The molecule has 1 heterocycles. The normalized spacial score (nSPS) is 10.6. The summed E-state index contributed by atoms with van der Waals surface area (Å²) in [6.07, 6.45) is 1.79. The lowest BCUT2D eigenvalue weighted by Gasteiger charge is -2.05. The lowest BCUT2D eigenvalue weighted by Crippen LogP contribution is -1.97. The molecule has 1 aromatic heterocycles. The molecular weight excluding hydrogens is 204 g/mol. The van der Waals surface area contributed by atoms with E-state index < -0.39 is 0 Å². The molecule has 0 aliphatic carbocycles. The summed E-state index contributed by atoms with van der Waals surface area (Å²) >= 11 is 3.37. The van der Waals surface area contributed by atoms with Crippen LogP contribution < -0.4 is 0 Å². The first-order valence-electron chi connectivity index (χ1n) is 3.60. The van der Waals surface area contributed by atoms with Gasteiger partial charge < -0.3 is 0 Å². The summed E-state index contributed by atoms with van der Waals surface area (Å²) in [5.41, 5.74) is 1.97. The number of aromatic nitrogens is 2. The molecule has 11 heavy (non-hydrogen) atoms. The first-order chi connectivity index (χ1) is 5.11. The predicted octanol–water partition coefficient (Wildman–Crippen LogP) is 2.67. The molecular formula is C8H11BrN2. The second-order valence-electron chi connectivity index (χ2n) is 2.84. The Morgan fingerprint density at radius 2 is 2.09 bits per heavy atom. The van der Waals surface area contributed by atoms with Crippen molar-refractivity contribution >= 4 is 15.9 Å². The van der Waals surface area contributed by atoms with Crippen LogP contribution in [0.4, 0.5) is 0 Å². The third-order valence-electron chi connectivity index (χ3n) is 1.42. The molecule has 0 aliphatic rings. The van der Waals surface area contributed by atoms with Crippen LogP contribution in [0.15, 0.2) is 10.8 Å². The molecule has 0 saturated heterocycles. The Morgan fingerprint density at radius 3 is 2.55 bits per heavy atom. The molecule has 0 unspecified atom stereocenters. The van der Waals surface area contributed by atoms with Crippen LogP contribution in [0.25, 0.3) is 0 Å². The van der Waals surface area contributed by atoms with E-state index in [1.165, 1.54) is 0 Å². The maximum Gasteiger partial charge on any atom is 0.128 e. The number of nitrogens with zero attached hydrogens (tertiary/aromatic N) is 2. The fraction of sp³-hybridized carbons (Fsp3) is 0.500. The molecule has 0 N–H and O–H groups in total. The van der Waals surface area contributed by atoms with E-state index in [2.05, 4.69) is 39.7 Å². The van der Waals surface area contributed by atoms with Crippen molar-refractivity contribution in [1.29, 1.82) is 0 Å². The molecule has 0 saturated carbocycles. The standard InChI is InChI=1S/C8H11BrN2/c1-5(2)7-8(9)11-6(3)4-10-7/h4-5H,1-3H3. The average Bonchev–Trinajstić information content (AvgIpc) is 1.85. The van der Waals surface area contributed by atoms with Gasteiger partial charge >= 0.3 is 0 Å². The second-order valence-corrected chi connectivity index (χ2v) is 3.59. The molecule has 0 bridgehead atoms. The molecule has 0 amide bonds. The summed E-state index contributed by atoms with van der Waals surface area (Å²) in [6.45, 7) is 6.14. The molecule has 60 valence electrons. The smallest absolute Gasteiger partial charge is 0.128 e. The third-order valence-corrected chi connectivity index (χ3v) is 2.01. The highest BCUT2D eigenvalue weighted by Gasteiger charge is 2.06. The lowest BCUT2D eigenvalue weighted by molar-refractivity contribution is 0.796. The van der Waals surface area contributed by atoms with Gasteiger partial charge in [-0.05, 0) is 28.8 Å². The number of hydrogen-bond acceptors (Lipinski definition) is 2. The van der Waals surface area contributed by atoms with Crippen molar-refractivity contribution in [2.45, 2.75) is 26.7 Å². The van der Waals surface area contributed by atoms with Gasteiger partial charge in [0.15, 0.2) is 0 Å². The van der Waals surface area contributed by atoms with Gasteiger partial charge in [0.1, 0.15) is 4.60 Å². The van der Waals surface area contributed by atoms with Crippen LogP contribution in [0.3, 0.4) is 0 Å². The van der Waals surface area contributed by atoms with E-state index in [1.807, 2.05) is 6.92 Å². The number of halogens is 1. The highest BCUT2D eigenvalue weighted by atomic mass is 79.9. The Labute approximate surface area is 75.2 Å². The van der Waals surface area contributed by atoms with Crippen molar-refractivity contribution in [3.8, 4) is 0 Å². The van der Waals surface area contributed by atoms with Crippen molar-refractivity contribution in [1.82, 2.24) is 9.97 Å². The first kappa shape index (κ1) is 8.65. The van der Waals surface area contributed by atoms with Crippen LogP contribution in [-0.2, 0) is 0 Å². The van der Waals surface area contributed by atoms with Crippen LogP contribution in [-0.4, -0.2) is 9.97 Å². The Balaban J connectivity index is 3.09. The monoisotopic (exact) mass is 214 g/mol. The van der Waals surface area contributed by atoms with Crippen LogP contribution in [0.2, 0.25) is 0 Å². The SMILES string of the molecule is Cc1cnc(C(C)C)c(Br)n1. The number of aryl methyl sites for hydroxylation is 1. The van der Waals surface area contributed by atoms with Crippen molar-refractivity contribution in [3.05, 3.63) is 22.2 Å². The molecule has 3 heteroatoms. The molecule has 1 aromatic rings. The maximum atomic E-state index is 4.27. The van der Waals surface area contributed by atoms with Gasteiger partial charge in [-0.15, -0.1) is 0 Å². The summed E-state index contributed by atoms with van der Waals surface area (Å²) in [7, 11) is 0. The Hall–Kier alpha value is -0.440. The van der Waals surface area contributed by atoms with E-state index in [0.29, 0.717) is 5.92 Å². The zero-order valence-electron chi connectivity index (χ0n) is 6.93. The minimum Gasteiger partial charge on any atom is -0.256 e. The Morgan fingerprint density at radius 1 is 1.45 bits per heavy atom. The highest BCUT2D eigenvalue weighted by Crippen LogP contribution is 2.19. The molecule has 0 fully saturated rings. The summed E-state index contributed by atoms with van der Waals surface area (Å²) in [5.74, 6) is 0.428. The molecule has 0 aliphatic heterocycles. The molecule has 0 aromatic carbocycles. The van der Waals surface area contributed by atoms with Crippen molar-refractivity contribution in [3.63, 3.8) is 0 Å². The second kappa shape index (κ2) is 3.30. The van der Waals surface area contributed by atoms with Crippen LogP contribution in [0, 0.1) is 6.92 Å². The summed E-state index contributed by atoms with van der Waals surface area (Å²) in [6, 6.07) is 0. The van der Waals surface area contributed by atoms with E-state index in [4.69, 9.17) is 0 Å². The zero-order chi connectivity index (χ0) is 8.43. The van der Waals surface area contributed by atoms with Crippen molar-refractivity contribution < 1.29 is 0 Å². The Bertz CT molecular complexity index is 258. The number of rotatable bonds is 1. The van der Waals surface area contributed by atoms with Gasteiger partial charge in [0.05, 0.1) is 11.4 Å². The van der Waals surface area contributed by atoms with E-state index in [1.54, 1.807) is 6.20 Å². The van der Waals surface area contributed by atoms with Gasteiger partial charge in [-0.25, -0.2) is 4.98 Å². The first-order valence-corrected chi connectivity index (χ1v) is 4.39. The molecule has 0 radical (unpaired) electrons. The minimum atomic E-state index is 0.428. The summed E-state index contributed by atoms with van der Waals surface area (Å²) in [4.78, 5) is 8.52. The maximum absolute atomic E-state index is 4.27. The predicted molar refractivity (Wildman–Crippen MR) is 48.6 cm³/mol. The van der Waals surface area contributed by atoms with E-state index in [-0.39, 0.29) is 0 Å². The quantitative estimate of drug-likeness (QED) is 0.719. The largest absolute Gasteiger partial charge is 0.256 e. The zero-order valence-corrected chi connectivity index (χ0v) is 8.51. The fourth-order valence-corrected chi connectivity index (χ4v) is 1.68. The lowest BCUT2D eigenvalue weighted by atomic mass is 10.1. The van der Waals surface area contributed by atoms with Gasteiger partial charge in [0.2, 0.25) is 0 Å².